The lowest BCUT2D eigenvalue weighted by molar-refractivity contribution is 0.302. The number of hydrogen-bond donors (Lipinski definition) is 0. The first-order valence-electron chi connectivity index (χ1n) is 7.54. The highest BCUT2D eigenvalue weighted by molar-refractivity contribution is 5.75. The lowest BCUT2D eigenvalue weighted by Gasteiger charge is -2.09. The molecule has 23 heavy (non-hydrogen) atoms. The molecule has 3 aromatic rings. The largest absolute Gasteiger partial charge is 0.494 e. The molecule has 0 aliphatic heterocycles. The summed E-state index contributed by atoms with van der Waals surface area (Å²) >= 11 is 0. The van der Waals surface area contributed by atoms with Gasteiger partial charge in [0.1, 0.15) is 5.75 Å². The van der Waals surface area contributed by atoms with Gasteiger partial charge in [0.05, 0.1) is 24.0 Å². The summed E-state index contributed by atoms with van der Waals surface area (Å²) in [4.78, 5) is 4.10. The Hall–Kier alpha value is -2.43. The van der Waals surface area contributed by atoms with Crippen molar-refractivity contribution >= 4 is 11.0 Å². The van der Waals surface area contributed by atoms with E-state index in [9.17, 15) is 8.78 Å². The zero-order chi connectivity index (χ0) is 16.4. The van der Waals surface area contributed by atoms with Gasteiger partial charge in [-0.1, -0.05) is 6.07 Å². The first kappa shape index (κ1) is 15.5. The molecule has 0 spiro atoms. The van der Waals surface area contributed by atoms with Crippen molar-refractivity contribution in [2.75, 3.05) is 6.61 Å². The smallest absolute Gasteiger partial charge is 0.161 e. The summed E-state index contributed by atoms with van der Waals surface area (Å²) in [5.41, 5.74) is 3.38. The van der Waals surface area contributed by atoms with Crippen LogP contribution in [0.25, 0.3) is 11.0 Å². The van der Waals surface area contributed by atoms with E-state index < -0.39 is 11.6 Å². The third-order valence-electron chi connectivity index (χ3n) is 3.67. The summed E-state index contributed by atoms with van der Waals surface area (Å²) in [6, 6.07) is 8.39. The number of halogens is 2. The zero-order valence-electron chi connectivity index (χ0n) is 13.1. The predicted octanol–water partition coefficient (Wildman–Crippen LogP) is 4.40. The van der Waals surface area contributed by atoms with Crippen LogP contribution in [-0.2, 0) is 6.54 Å². The second-order valence-corrected chi connectivity index (χ2v) is 5.72. The number of aromatic nitrogens is 2. The van der Waals surface area contributed by atoms with Gasteiger partial charge in [-0.3, -0.25) is 0 Å². The maximum Gasteiger partial charge on any atom is 0.161 e. The second-order valence-electron chi connectivity index (χ2n) is 5.72. The Morgan fingerprint density at radius 3 is 2.43 bits per heavy atom. The third-order valence-corrected chi connectivity index (χ3v) is 3.67. The number of imidazole rings is 1. The van der Waals surface area contributed by atoms with Crippen LogP contribution in [0.5, 0.6) is 5.75 Å². The van der Waals surface area contributed by atoms with Gasteiger partial charge in [0, 0.05) is 18.7 Å². The Morgan fingerprint density at radius 1 is 1.00 bits per heavy atom. The molecule has 5 heteroatoms. The molecule has 2 aromatic carbocycles. The summed E-state index contributed by atoms with van der Waals surface area (Å²) in [5.74, 6) is -0.877. The van der Waals surface area contributed by atoms with Crippen LogP contribution in [0, 0.1) is 25.5 Å². The lowest BCUT2D eigenvalue weighted by Crippen LogP contribution is -2.04. The van der Waals surface area contributed by atoms with Crippen molar-refractivity contribution in [3.63, 3.8) is 0 Å². The van der Waals surface area contributed by atoms with Crippen molar-refractivity contribution in [1.82, 2.24) is 9.55 Å². The molecule has 0 bridgehead atoms. The van der Waals surface area contributed by atoms with E-state index in [-0.39, 0.29) is 0 Å². The van der Waals surface area contributed by atoms with E-state index in [1.165, 1.54) is 6.07 Å². The Bertz CT molecular complexity index is 822. The van der Waals surface area contributed by atoms with Crippen molar-refractivity contribution in [2.45, 2.75) is 26.8 Å². The molecule has 1 aromatic heterocycles. The normalized spacial score (nSPS) is 11.1. The molecule has 1 heterocycles. The van der Waals surface area contributed by atoms with Gasteiger partial charge in [-0.25, -0.2) is 13.8 Å². The topological polar surface area (TPSA) is 27.1 Å². The molecule has 0 atom stereocenters. The molecule has 0 amide bonds. The molecule has 0 aliphatic rings. The van der Waals surface area contributed by atoms with Gasteiger partial charge in [-0.2, -0.15) is 0 Å². The van der Waals surface area contributed by atoms with Gasteiger partial charge < -0.3 is 9.30 Å². The quantitative estimate of drug-likeness (QED) is 0.652. The molecular weight excluding hydrogens is 298 g/mol. The van der Waals surface area contributed by atoms with E-state index in [1.54, 1.807) is 6.33 Å². The van der Waals surface area contributed by atoms with Gasteiger partial charge >= 0.3 is 0 Å². The maximum atomic E-state index is 13.4. The first-order chi connectivity index (χ1) is 11.0. The second kappa shape index (κ2) is 6.36. The van der Waals surface area contributed by atoms with Gasteiger partial charge in [-0.15, -0.1) is 0 Å². The highest BCUT2D eigenvalue weighted by Gasteiger charge is 2.09. The standard InChI is InChI=1S/C18H18F2N2O/c1-12-6-13(2)8-14(7-12)23-5-3-4-22-11-21-17-9-15(19)16(20)10-18(17)22/h6-11H,3-5H2,1-2H3. The van der Waals surface area contributed by atoms with Crippen molar-refractivity contribution in [3.8, 4) is 5.75 Å². The predicted molar refractivity (Wildman–Crippen MR) is 85.7 cm³/mol. The number of nitrogens with zero attached hydrogens (tertiary/aromatic N) is 2. The number of aryl methyl sites for hydroxylation is 3. The van der Waals surface area contributed by atoms with E-state index >= 15 is 0 Å². The van der Waals surface area contributed by atoms with E-state index in [1.807, 2.05) is 30.5 Å². The van der Waals surface area contributed by atoms with Gasteiger partial charge in [-0.05, 0) is 43.5 Å². The molecule has 0 radical (unpaired) electrons. The van der Waals surface area contributed by atoms with E-state index in [2.05, 4.69) is 11.1 Å². The van der Waals surface area contributed by atoms with Crippen molar-refractivity contribution < 1.29 is 13.5 Å². The molecule has 0 N–H and O–H groups in total. The Kier molecular flexibility index (Phi) is 4.28. The van der Waals surface area contributed by atoms with Crippen molar-refractivity contribution in [3.05, 3.63) is 59.4 Å². The molecule has 3 nitrogen and oxygen atoms in total. The first-order valence-corrected chi connectivity index (χ1v) is 7.54. The fourth-order valence-electron chi connectivity index (χ4n) is 2.67. The van der Waals surface area contributed by atoms with E-state index in [0.717, 1.165) is 29.4 Å². The Labute approximate surface area is 133 Å². The van der Waals surface area contributed by atoms with Crippen LogP contribution >= 0.6 is 0 Å². The van der Waals surface area contributed by atoms with Gasteiger partial charge in [0.2, 0.25) is 0 Å². The van der Waals surface area contributed by atoms with Crippen LogP contribution in [0.3, 0.4) is 0 Å². The van der Waals surface area contributed by atoms with Crippen LogP contribution in [0.1, 0.15) is 17.5 Å². The number of hydrogen-bond acceptors (Lipinski definition) is 2. The van der Waals surface area contributed by atoms with Crippen LogP contribution in [0.4, 0.5) is 8.78 Å². The van der Waals surface area contributed by atoms with Gasteiger partial charge in [0.15, 0.2) is 11.6 Å². The highest BCUT2D eigenvalue weighted by atomic mass is 19.2. The fraction of sp³-hybridized carbons (Fsp3) is 0.278. The third kappa shape index (κ3) is 3.50. The van der Waals surface area contributed by atoms with Crippen LogP contribution in [0.15, 0.2) is 36.7 Å². The minimum Gasteiger partial charge on any atom is -0.494 e. The fourth-order valence-corrected chi connectivity index (χ4v) is 2.67. The molecule has 120 valence electrons. The molecule has 0 saturated heterocycles. The molecule has 0 aliphatic carbocycles. The van der Waals surface area contributed by atoms with Gasteiger partial charge in [0.25, 0.3) is 0 Å². The highest BCUT2D eigenvalue weighted by Crippen LogP contribution is 2.19. The minimum atomic E-state index is -0.874. The molecule has 0 unspecified atom stereocenters. The summed E-state index contributed by atoms with van der Waals surface area (Å²) in [6.07, 6.45) is 2.35. The maximum absolute atomic E-state index is 13.4. The minimum absolute atomic E-state index is 0.458. The average molecular weight is 316 g/mol. The summed E-state index contributed by atoms with van der Waals surface area (Å²) in [7, 11) is 0. The number of rotatable bonds is 5. The van der Waals surface area contributed by atoms with Crippen LogP contribution in [-0.4, -0.2) is 16.2 Å². The van der Waals surface area contributed by atoms with E-state index in [0.29, 0.717) is 24.2 Å². The average Bonchev–Trinajstić information content (AvgIpc) is 2.85. The number of ether oxygens (including phenoxy) is 1. The van der Waals surface area contributed by atoms with Crippen LogP contribution < -0.4 is 4.74 Å². The molecule has 0 saturated carbocycles. The summed E-state index contributed by atoms with van der Waals surface area (Å²) in [5, 5.41) is 0. The number of fused-ring (bicyclic) bond motifs is 1. The summed E-state index contributed by atoms with van der Waals surface area (Å²) in [6.45, 7) is 5.24. The number of benzene rings is 2. The zero-order valence-corrected chi connectivity index (χ0v) is 13.1. The monoisotopic (exact) mass is 316 g/mol. The van der Waals surface area contributed by atoms with E-state index in [4.69, 9.17) is 4.74 Å². The summed E-state index contributed by atoms with van der Waals surface area (Å²) < 4.78 is 34.1. The molecule has 3 rings (SSSR count). The molecular formula is C18H18F2N2O. The Balaban J connectivity index is 1.62. The van der Waals surface area contributed by atoms with Crippen molar-refractivity contribution in [1.29, 1.82) is 0 Å². The molecule has 0 fully saturated rings. The van der Waals surface area contributed by atoms with Crippen LogP contribution in [0.2, 0.25) is 0 Å². The van der Waals surface area contributed by atoms with Crippen molar-refractivity contribution in [2.24, 2.45) is 0 Å². The SMILES string of the molecule is Cc1cc(C)cc(OCCCn2cnc3cc(F)c(F)cc32)c1. The Morgan fingerprint density at radius 2 is 1.70 bits per heavy atom. The lowest BCUT2D eigenvalue weighted by atomic mass is 10.1.